The van der Waals surface area contributed by atoms with Crippen LogP contribution in [0.3, 0.4) is 0 Å². The summed E-state index contributed by atoms with van der Waals surface area (Å²) in [6, 6.07) is 9.07. The number of hydrogen-bond acceptors (Lipinski definition) is 7. The summed E-state index contributed by atoms with van der Waals surface area (Å²) in [5.74, 6) is 1.02. The van der Waals surface area contributed by atoms with Gasteiger partial charge >= 0.3 is 0 Å². The third kappa shape index (κ3) is 4.26. The summed E-state index contributed by atoms with van der Waals surface area (Å²) in [6.45, 7) is 1.24. The van der Waals surface area contributed by atoms with Crippen molar-refractivity contribution < 1.29 is 19.1 Å². The molecule has 3 aromatic rings. The van der Waals surface area contributed by atoms with Crippen molar-refractivity contribution >= 4 is 51.8 Å². The number of carbonyl (C=O) groups is 2. The number of anilines is 1. The number of thiophene rings is 1. The lowest BCUT2D eigenvalue weighted by Gasteiger charge is -2.30. The fourth-order valence-corrected chi connectivity index (χ4v) is 5.55. The van der Waals surface area contributed by atoms with Crippen molar-refractivity contribution in [3.63, 3.8) is 0 Å². The van der Waals surface area contributed by atoms with Crippen molar-refractivity contribution in [2.75, 3.05) is 25.2 Å². The Morgan fingerprint density at radius 2 is 1.94 bits per heavy atom. The van der Waals surface area contributed by atoms with Crippen LogP contribution in [0.2, 0.25) is 4.34 Å². The number of halogens is 1. The molecule has 31 heavy (non-hydrogen) atoms. The van der Waals surface area contributed by atoms with Gasteiger partial charge in [-0.3, -0.25) is 9.59 Å². The van der Waals surface area contributed by atoms with E-state index >= 15 is 0 Å². The van der Waals surface area contributed by atoms with E-state index in [1.54, 1.807) is 28.5 Å². The van der Waals surface area contributed by atoms with Gasteiger partial charge in [0.15, 0.2) is 11.5 Å². The van der Waals surface area contributed by atoms with Crippen molar-refractivity contribution in [3.8, 4) is 21.4 Å². The lowest BCUT2D eigenvalue weighted by atomic mass is 9.95. The van der Waals surface area contributed by atoms with Crippen LogP contribution in [0.4, 0.5) is 5.69 Å². The number of rotatable bonds is 4. The summed E-state index contributed by atoms with van der Waals surface area (Å²) in [5, 5.41) is 5.51. The molecule has 2 aromatic heterocycles. The van der Waals surface area contributed by atoms with Crippen molar-refractivity contribution in [3.05, 3.63) is 45.7 Å². The first kappa shape index (κ1) is 20.3. The number of piperidine rings is 1. The highest BCUT2D eigenvalue weighted by Crippen LogP contribution is 2.35. The van der Waals surface area contributed by atoms with Gasteiger partial charge in [-0.2, -0.15) is 0 Å². The van der Waals surface area contributed by atoms with Gasteiger partial charge in [-0.15, -0.1) is 22.7 Å². The zero-order valence-corrected chi connectivity index (χ0v) is 18.7. The van der Waals surface area contributed by atoms with Gasteiger partial charge in [0, 0.05) is 36.1 Å². The molecule has 0 aliphatic carbocycles. The number of aromatic nitrogens is 1. The minimum absolute atomic E-state index is 0.0449. The summed E-state index contributed by atoms with van der Waals surface area (Å²) < 4.78 is 11.3. The molecule has 0 atom stereocenters. The monoisotopic (exact) mass is 475 g/mol. The number of nitrogens with zero attached hydrogens (tertiary/aromatic N) is 2. The smallest absolute Gasteiger partial charge is 0.273 e. The lowest BCUT2D eigenvalue weighted by Crippen LogP contribution is -2.41. The first-order valence-corrected chi connectivity index (χ1v) is 11.9. The fraction of sp³-hybridized carbons (Fsp3) is 0.286. The van der Waals surface area contributed by atoms with Gasteiger partial charge in [0.2, 0.25) is 12.7 Å². The largest absolute Gasteiger partial charge is 0.454 e. The number of hydrogen-bond donors (Lipinski definition) is 1. The molecular weight excluding hydrogens is 458 g/mol. The fourth-order valence-electron chi connectivity index (χ4n) is 3.64. The average Bonchev–Trinajstić information content (AvgIpc) is 3.53. The van der Waals surface area contributed by atoms with Gasteiger partial charge in [-0.25, -0.2) is 4.98 Å². The summed E-state index contributed by atoms with van der Waals surface area (Å²) in [5.41, 5.74) is 1.12. The van der Waals surface area contributed by atoms with Crippen molar-refractivity contribution in [1.29, 1.82) is 0 Å². The first-order valence-electron chi connectivity index (χ1n) is 9.78. The van der Waals surface area contributed by atoms with Gasteiger partial charge < -0.3 is 19.7 Å². The minimum atomic E-state index is -0.145. The number of likely N-dealkylation sites (tertiary alicyclic amines) is 1. The van der Waals surface area contributed by atoms with E-state index < -0.39 is 0 Å². The number of carbonyl (C=O) groups excluding carboxylic acids is 2. The number of amides is 2. The molecule has 0 saturated carbocycles. The van der Waals surface area contributed by atoms with Crippen LogP contribution in [0.15, 0.2) is 35.7 Å². The first-order chi connectivity index (χ1) is 15.1. The Labute approximate surface area is 191 Å². The topological polar surface area (TPSA) is 80.8 Å². The standard InChI is InChI=1S/C21H18ClN3O4S2/c22-18-4-3-17(31-18)20-24-14(10-30-20)21(27)25-7-5-12(6-8-25)19(26)23-13-1-2-15-16(9-13)29-11-28-15/h1-4,9-10,12H,5-8,11H2,(H,23,26). The van der Waals surface area contributed by atoms with Crippen molar-refractivity contribution in [1.82, 2.24) is 9.88 Å². The van der Waals surface area contributed by atoms with E-state index in [0.717, 1.165) is 9.88 Å². The second-order valence-corrected chi connectivity index (χ2v) is 9.84. The maximum absolute atomic E-state index is 12.8. The maximum Gasteiger partial charge on any atom is 0.273 e. The van der Waals surface area contributed by atoms with E-state index in [2.05, 4.69) is 10.3 Å². The minimum Gasteiger partial charge on any atom is -0.454 e. The molecule has 5 rings (SSSR count). The predicted octanol–water partition coefficient (Wildman–Crippen LogP) is 4.74. The van der Waals surface area contributed by atoms with Crippen LogP contribution >= 0.6 is 34.3 Å². The SMILES string of the molecule is O=C(Nc1ccc2c(c1)OCO2)C1CCN(C(=O)c2csc(-c3ccc(Cl)s3)n2)CC1. The highest BCUT2D eigenvalue weighted by atomic mass is 35.5. The van der Waals surface area contributed by atoms with Crippen LogP contribution < -0.4 is 14.8 Å². The van der Waals surface area contributed by atoms with Gasteiger partial charge in [0.1, 0.15) is 10.7 Å². The summed E-state index contributed by atoms with van der Waals surface area (Å²) in [4.78, 5) is 32.7. The number of benzene rings is 1. The molecule has 4 heterocycles. The molecule has 2 aliphatic heterocycles. The third-order valence-electron chi connectivity index (χ3n) is 5.30. The number of thiazole rings is 1. The Balaban J connectivity index is 1.17. The molecule has 0 bridgehead atoms. The zero-order chi connectivity index (χ0) is 21.4. The molecule has 160 valence electrons. The van der Waals surface area contributed by atoms with Crippen LogP contribution in [-0.4, -0.2) is 41.6 Å². The Bertz CT molecular complexity index is 1140. The summed E-state index contributed by atoms with van der Waals surface area (Å²) in [6.07, 6.45) is 1.22. The second kappa shape index (κ2) is 8.49. The maximum atomic E-state index is 12.8. The van der Waals surface area contributed by atoms with Crippen LogP contribution in [0.1, 0.15) is 23.3 Å². The van der Waals surface area contributed by atoms with E-state index in [1.165, 1.54) is 22.7 Å². The normalized spacial score (nSPS) is 15.8. The highest BCUT2D eigenvalue weighted by Gasteiger charge is 2.29. The van der Waals surface area contributed by atoms with E-state index in [9.17, 15) is 9.59 Å². The Morgan fingerprint density at radius 3 is 2.71 bits per heavy atom. The van der Waals surface area contributed by atoms with E-state index in [0.29, 0.717) is 53.1 Å². The van der Waals surface area contributed by atoms with Crippen LogP contribution in [-0.2, 0) is 4.79 Å². The molecule has 0 unspecified atom stereocenters. The summed E-state index contributed by atoms with van der Waals surface area (Å²) >= 11 is 8.87. The zero-order valence-electron chi connectivity index (χ0n) is 16.3. The number of fused-ring (bicyclic) bond motifs is 1. The van der Waals surface area contributed by atoms with Crippen molar-refractivity contribution in [2.45, 2.75) is 12.8 Å². The van der Waals surface area contributed by atoms with Crippen molar-refractivity contribution in [2.24, 2.45) is 5.92 Å². The van der Waals surface area contributed by atoms with E-state index in [4.69, 9.17) is 21.1 Å². The Hall–Kier alpha value is -2.62. The number of ether oxygens (including phenoxy) is 2. The van der Waals surface area contributed by atoms with Crippen LogP contribution in [0, 0.1) is 5.92 Å². The molecule has 2 amide bonds. The van der Waals surface area contributed by atoms with Gasteiger partial charge in [-0.1, -0.05) is 11.6 Å². The average molecular weight is 476 g/mol. The summed E-state index contributed by atoms with van der Waals surface area (Å²) in [7, 11) is 0. The van der Waals surface area contributed by atoms with E-state index in [-0.39, 0.29) is 24.5 Å². The van der Waals surface area contributed by atoms with Crippen LogP contribution in [0.25, 0.3) is 9.88 Å². The van der Waals surface area contributed by atoms with Gasteiger partial charge in [-0.05, 0) is 37.1 Å². The second-order valence-electron chi connectivity index (χ2n) is 7.27. The Kier molecular flexibility index (Phi) is 5.56. The molecule has 1 saturated heterocycles. The van der Waals surface area contributed by atoms with Gasteiger partial charge in [0.05, 0.1) is 9.21 Å². The molecule has 1 fully saturated rings. The number of nitrogens with one attached hydrogen (secondary N) is 1. The highest BCUT2D eigenvalue weighted by molar-refractivity contribution is 7.23. The van der Waals surface area contributed by atoms with E-state index in [1.807, 2.05) is 12.1 Å². The molecule has 1 N–H and O–H groups in total. The third-order valence-corrected chi connectivity index (χ3v) is 7.54. The molecule has 0 spiro atoms. The molecule has 7 nitrogen and oxygen atoms in total. The molecule has 10 heteroatoms. The van der Waals surface area contributed by atoms with Crippen LogP contribution in [0.5, 0.6) is 11.5 Å². The molecule has 2 aliphatic rings. The molecule has 1 aromatic carbocycles. The molecular formula is C21H18ClN3O4S2. The lowest BCUT2D eigenvalue weighted by molar-refractivity contribution is -0.121. The predicted molar refractivity (Wildman–Crippen MR) is 120 cm³/mol. The Morgan fingerprint density at radius 1 is 1.13 bits per heavy atom. The van der Waals surface area contributed by atoms with Gasteiger partial charge in [0.25, 0.3) is 5.91 Å². The molecule has 0 radical (unpaired) electrons. The quantitative estimate of drug-likeness (QED) is 0.589.